The van der Waals surface area contributed by atoms with Crippen LogP contribution in [-0.4, -0.2) is 16.1 Å². The maximum Gasteiger partial charge on any atom is 0.354 e. The van der Waals surface area contributed by atoms with Gasteiger partial charge in [0.05, 0.1) is 11.2 Å². The van der Waals surface area contributed by atoms with E-state index in [4.69, 9.17) is 21.1 Å². The number of rotatable bonds is 1. The molecule has 0 spiro atoms. The van der Waals surface area contributed by atoms with Gasteiger partial charge in [0.15, 0.2) is 5.58 Å². The zero-order valence-electron chi connectivity index (χ0n) is 6.32. The molecule has 0 aromatic carbocycles. The number of furan rings is 1. The van der Waals surface area contributed by atoms with Crippen LogP contribution < -0.4 is 0 Å². The van der Waals surface area contributed by atoms with E-state index in [-0.39, 0.29) is 5.69 Å². The number of aromatic nitrogens is 1. The third-order valence-corrected chi connectivity index (χ3v) is 1.93. The lowest BCUT2D eigenvalue weighted by Crippen LogP contribution is -1.98. The molecule has 0 aliphatic rings. The second-order valence-corrected chi connectivity index (χ2v) is 2.86. The minimum atomic E-state index is -1.08. The summed E-state index contributed by atoms with van der Waals surface area (Å²) < 4.78 is 5.00. The molecule has 4 nitrogen and oxygen atoms in total. The smallest absolute Gasteiger partial charge is 0.354 e. The van der Waals surface area contributed by atoms with Crippen molar-refractivity contribution in [3.8, 4) is 0 Å². The van der Waals surface area contributed by atoms with Gasteiger partial charge in [0.2, 0.25) is 0 Å². The Kier molecular flexibility index (Phi) is 1.70. The van der Waals surface area contributed by atoms with Gasteiger partial charge in [-0.25, -0.2) is 9.78 Å². The average Bonchev–Trinajstić information content (AvgIpc) is 2.47. The van der Waals surface area contributed by atoms with Gasteiger partial charge in [-0.3, -0.25) is 0 Å². The molecule has 2 heterocycles. The minimum Gasteiger partial charge on any atom is -0.477 e. The lowest BCUT2D eigenvalue weighted by atomic mass is 10.3. The van der Waals surface area contributed by atoms with Crippen LogP contribution in [0.5, 0.6) is 0 Å². The number of hydrogen-bond acceptors (Lipinski definition) is 3. The maximum atomic E-state index is 10.5. The van der Waals surface area contributed by atoms with E-state index in [0.29, 0.717) is 16.0 Å². The Morgan fingerprint density at radius 3 is 3.08 bits per heavy atom. The first-order chi connectivity index (χ1) is 6.18. The van der Waals surface area contributed by atoms with Crippen LogP contribution in [0.4, 0.5) is 0 Å². The Hall–Kier alpha value is -1.55. The number of carboxylic acids is 1. The lowest BCUT2D eigenvalue weighted by molar-refractivity contribution is 0.0691. The monoisotopic (exact) mass is 197 g/mol. The Morgan fingerprint density at radius 2 is 2.38 bits per heavy atom. The topological polar surface area (TPSA) is 63.3 Å². The molecule has 0 aliphatic carbocycles. The van der Waals surface area contributed by atoms with Gasteiger partial charge < -0.3 is 9.52 Å². The highest BCUT2D eigenvalue weighted by molar-refractivity contribution is 6.35. The highest BCUT2D eigenvalue weighted by Crippen LogP contribution is 2.25. The van der Waals surface area contributed by atoms with Gasteiger partial charge in [-0.05, 0) is 6.07 Å². The van der Waals surface area contributed by atoms with Gasteiger partial charge in [-0.15, -0.1) is 0 Å². The number of carbonyl (C=O) groups is 1. The van der Waals surface area contributed by atoms with Crippen LogP contribution >= 0.6 is 11.6 Å². The van der Waals surface area contributed by atoms with Gasteiger partial charge in [-0.1, -0.05) is 11.6 Å². The molecule has 5 heteroatoms. The fraction of sp³-hybridized carbons (Fsp3) is 0. The maximum absolute atomic E-state index is 10.5. The summed E-state index contributed by atoms with van der Waals surface area (Å²) in [5, 5.41) is 9.59. The summed E-state index contributed by atoms with van der Waals surface area (Å²) >= 11 is 5.73. The van der Waals surface area contributed by atoms with Crippen LogP contribution in [0.15, 0.2) is 22.9 Å². The predicted molar refractivity (Wildman–Crippen MR) is 46.0 cm³/mol. The van der Waals surface area contributed by atoms with Crippen molar-refractivity contribution in [3.63, 3.8) is 0 Å². The largest absolute Gasteiger partial charge is 0.477 e. The SMILES string of the molecule is O=C(O)c1cc2c(Cl)coc2cn1. The second-order valence-electron chi connectivity index (χ2n) is 2.45. The number of nitrogens with zero attached hydrogens (tertiary/aromatic N) is 1. The highest BCUT2D eigenvalue weighted by atomic mass is 35.5. The molecule has 2 aromatic heterocycles. The fourth-order valence-corrected chi connectivity index (χ4v) is 1.21. The number of carboxylic acid groups (broad SMARTS) is 1. The van der Waals surface area contributed by atoms with E-state index in [1.807, 2.05) is 0 Å². The van der Waals surface area contributed by atoms with E-state index in [2.05, 4.69) is 4.98 Å². The molecule has 0 bridgehead atoms. The number of fused-ring (bicyclic) bond motifs is 1. The molecule has 2 aromatic rings. The molecule has 0 saturated heterocycles. The first-order valence-corrected chi connectivity index (χ1v) is 3.82. The average molecular weight is 198 g/mol. The number of aromatic carboxylic acids is 1. The van der Waals surface area contributed by atoms with Crippen LogP contribution in [0.2, 0.25) is 5.02 Å². The highest BCUT2D eigenvalue weighted by Gasteiger charge is 2.09. The van der Waals surface area contributed by atoms with Crippen LogP contribution in [0.3, 0.4) is 0 Å². The van der Waals surface area contributed by atoms with Crippen molar-refractivity contribution in [1.29, 1.82) is 0 Å². The molecule has 66 valence electrons. The normalized spacial score (nSPS) is 10.5. The molecular weight excluding hydrogens is 194 g/mol. The summed E-state index contributed by atoms with van der Waals surface area (Å²) in [4.78, 5) is 14.2. The number of halogens is 1. The van der Waals surface area contributed by atoms with E-state index < -0.39 is 5.97 Å². The van der Waals surface area contributed by atoms with Gasteiger partial charge in [0.25, 0.3) is 0 Å². The molecule has 0 aliphatic heterocycles. The van der Waals surface area contributed by atoms with Crippen molar-refractivity contribution in [2.45, 2.75) is 0 Å². The molecule has 13 heavy (non-hydrogen) atoms. The Balaban J connectivity index is 2.72. The zero-order valence-corrected chi connectivity index (χ0v) is 7.08. The summed E-state index contributed by atoms with van der Waals surface area (Å²) in [6.07, 6.45) is 2.68. The van der Waals surface area contributed by atoms with Crippen LogP contribution in [0.25, 0.3) is 11.0 Å². The van der Waals surface area contributed by atoms with Crippen molar-refractivity contribution < 1.29 is 14.3 Å². The third kappa shape index (κ3) is 1.25. The molecule has 0 unspecified atom stereocenters. The zero-order chi connectivity index (χ0) is 9.42. The first-order valence-electron chi connectivity index (χ1n) is 3.44. The Bertz CT molecular complexity index is 477. The molecule has 1 N–H and O–H groups in total. The van der Waals surface area contributed by atoms with Crippen molar-refractivity contribution in [3.05, 3.63) is 29.2 Å². The van der Waals surface area contributed by atoms with Crippen LogP contribution in [-0.2, 0) is 0 Å². The number of pyridine rings is 1. The Morgan fingerprint density at radius 1 is 1.62 bits per heavy atom. The quantitative estimate of drug-likeness (QED) is 0.761. The van der Waals surface area contributed by atoms with E-state index in [1.165, 1.54) is 18.5 Å². The van der Waals surface area contributed by atoms with E-state index in [1.54, 1.807) is 0 Å². The summed E-state index contributed by atoms with van der Waals surface area (Å²) in [6, 6.07) is 1.38. The van der Waals surface area contributed by atoms with Gasteiger partial charge in [0, 0.05) is 5.39 Å². The molecular formula is C8H4ClNO3. The van der Waals surface area contributed by atoms with E-state index in [9.17, 15) is 4.79 Å². The summed E-state index contributed by atoms with van der Waals surface area (Å²) in [7, 11) is 0. The molecule has 0 amide bonds. The van der Waals surface area contributed by atoms with Crippen molar-refractivity contribution in [2.24, 2.45) is 0 Å². The predicted octanol–water partition coefficient (Wildman–Crippen LogP) is 2.18. The van der Waals surface area contributed by atoms with Crippen LogP contribution in [0.1, 0.15) is 10.5 Å². The Labute approximate surface area is 77.8 Å². The lowest BCUT2D eigenvalue weighted by Gasteiger charge is -1.92. The summed E-state index contributed by atoms with van der Waals surface area (Å²) in [6.45, 7) is 0. The van der Waals surface area contributed by atoms with Gasteiger partial charge in [0.1, 0.15) is 12.0 Å². The second kappa shape index (κ2) is 2.74. The summed E-state index contributed by atoms with van der Waals surface area (Å²) in [5.41, 5.74) is 0.436. The van der Waals surface area contributed by atoms with Crippen molar-refractivity contribution in [2.75, 3.05) is 0 Å². The molecule has 0 atom stereocenters. The molecule has 2 rings (SSSR count). The first kappa shape index (κ1) is 8.07. The molecule has 0 fully saturated rings. The molecule has 0 saturated carbocycles. The van der Waals surface area contributed by atoms with Crippen molar-refractivity contribution in [1.82, 2.24) is 4.98 Å². The standard InChI is InChI=1S/C8H4ClNO3/c9-5-3-13-7-2-10-6(8(11)12)1-4(5)7/h1-3H,(H,11,12). The third-order valence-electron chi connectivity index (χ3n) is 1.63. The minimum absolute atomic E-state index is 0.0456. The molecule has 0 radical (unpaired) electrons. The fourth-order valence-electron chi connectivity index (χ4n) is 1.02. The van der Waals surface area contributed by atoms with Crippen molar-refractivity contribution >= 4 is 28.5 Å². The number of hydrogen-bond donors (Lipinski definition) is 1. The van der Waals surface area contributed by atoms with E-state index in [0.717, 1.165) is 0 Å². The van der Waals surface area contributed by atoms with Gasteiger partial charge >= 0.3 is 5.97 Å². The van der Waals surface area contributed by atoms with Gasteiger partial charge in [-0.2, -0.15) is 0 Å². The van der Waals surface area contributed by atoms with Crippen LogP contribution in [0, 0.1) is 0 Å². The van der Waals surface area contributed by atoms with E-state index >= 15 is 0 Å². The summed E-state index contributed by atoms with van der Waals surface area (Å²) in [5.74, 6) is -1.08.